The molecule has 1 atom stereocenters. The highest BCUT2D eigenvalue weighted by Gasteiger charge is 2.46. The zero-order valence-electron chi connectivity index (χ0n) is 23.8. The number of likely N-dealkylation sites (tertiary alicyclic amines) is 1. The summed E-state index contributed by atoms with van der Waals surface area (Å²) in [7, 11) is 0. The first-order chi connectivity index (χ1) is 20.5. The molecule has 3 aromatic carbocycles. The van der Waals surface area contributed by atoms with E-state index in [-0.39, 0.29) is 11.3 Å². The Hall–Kier alpha value is -4.40. The van der Waals surface area contributed by atoms with Crippen molar-refractivity contribution in [3.8, 4) is 17.2 Å². The van der Waals surface area contributed by atoms with Crippen molar-refractivity contribution in [3.05, 3.63) is 108 Å². The molecule has 0 bridgehead atoms. The second-order valence-corrected chi connectivity index (χ2v) is 10.4. The van der Waals surface area contributed by atoms with Crippen molar-refractivity contribution >= 4 is 17.4 Å². The molecule has 2 saturated heterocycles. The number of hydrogen-bond acceptors (Lipinski definition) is 7. The molecule has 8 heteroatoms. The zero-order chi connectivity index (χ0) is 29.5. The topological polar surface area (TPSA) is 88.5 Å². The van der Waals surface area contributed by atoms with Gasteiger partial charge in [-0.1, -0.05) is 43.0 Å². The molecule has 3 aromatic rings. The number of nitrogens with zero attached hydrogens (tertiary/aromatic N) is 2. The van der Waals surface area contributed by atoms with E-state index >= 15 is 0 Å². The monoisotopic (exact) mass is 568 g/mol. The number of rotatable bonds is 11. The molecular formula is C34H36N2O6. The molecule has 0 spiro atoms. The number of carbonyl (C=O) groups is 2. The van der Waals surface area contributed by atoms with Gasteiger partial charge >= 0.3 is 0 Å². The number of Topliss-reactive ketones (excluding diaryl/α,β-unsaturated/α-hetero) is 1. The third kappa shape index (κ3) is 6.56. The van der Waals surface area contributed by atoms with Crippen LogP contribution in [0.1, 0.15) is 29.2 Å². The quantitative estimate of drug-likeness (QED) is 0.142. The summed E-state index contributed by atoms with van der Waals surface area (Å²) in [6, 6.07) is 21.2. The van der Waals surface area contributed by atoms with Crippen LogP contribution in [-0.4, -0.2) is 72.6 Å². The van der Waals surface area contributed by atoms with Gasteiger partial charge in [0.1, 0.15) is 29.6 Å². The second kappa shape index (κ2) is 13.5. The Bertz CT molecular complexity index is 1460. The van der Waals surface area contributed by atoms with Crippen LogP contribution < -0.4 is 9.47 Å². The summed E-state index contributed by atoms with van der Waals surface area (Å²) in [6.07, 6.45) is 2.34. The minimum absolute atomic E-state index is 0.0578. The van der Waals surface area contributed by atoms with Gasteiger partial charge in [0.2, 0.25) is 0 Å². The van der Waals surface area contributed by atoms with E-state index in [0.717, 1.165) is 25.2 Å². The van der Waals surface area contributed by atoms with Gasteiger partial charge in [-0.05, 0) is 66.9 Å². The van der Waals surface area contributed by atoms with E-state index in [4.69, 9.17) is 14.2 Å². The van der Waals surface area contributed by atoms with E-state index in [9.17, 15) is 14.7 Å². The number of benzene rings is 3. The fraction of sp³-hybridized carbons (Fsp3) is 0.294. The maximum Gasteiger partial charge on any atom is 0.295 e. The van der Waals surface area contributed by atoms with Crippen LogP contribution in [0, 0.1) is 6.92 Å². The fourth-order valence-electron chi connectivity index (χ4n) is 5.38. The molecule has 218 valence electrons. The predicted molar refractivity (Wildman–Crippen MR) is 161 cm³/mol. The molecule has 2 aliphatic rings. The Morgan fingerprint density at radius 1 is 1.00 bits per heavy atom. The number of para-hydroxylation sites is 1. The van der Waals surface area contributed by atoms with Crippen molar-refractivity contribution in [3.63, 3.8) is 0 Å². The molecule has 2 heterocycles. The van der Waals surface area contributed by atoms with Crippen LogP contribution >= 0.6 is 0 Å². The number of ketones is 1. The third-order valence-corrected chi connectivity index (χ3v) is 7.47. The standard InChI is InChI=1S/C34H36N2O6/c1-3-19-41-29-14-13-26(22-24(29)2)32(37)30-31(25-9-7-12-28(23-25)42-27-10-5-4-6-11-27)36(34(39)33(30)38)16-8-15-35-17-20-40-21-18-35/h3-7,9-14,22-23,31,37H,1,8,15-21H2,2H3/t31-/m0/s1. The first kappa shape index (κ1) is 29.1. The summed E-state index contributed by atoms with van der Waals surface area (Å²) >= 11 is 0. The molecule has 42 heavy (non-hydrogen) atoms. The lowest BCUT2D eigenvalue weighted by Crippen LogP contribution is -2.38. The number of amides is 1. The predicted octanol–water partition coefficient (Wildman–Crippen LogP) is 5.50. The maximum absolute atomic E-state index is 13.5. The van der Waals surface area contributed by atoms with Gasteiger partial charge in [0.15, 0.2) is 0 Å². The SMILES string of the molecule is C=CCOc1ccc(C(O)=C2C(=O)C(=O)N(CCCN3CCOCC3)[C@H]2c2cccc(Oc3ccccc3)c2)cc1C. The number of carbonyl (C=O) groups excluding carboxylic acids is 2. The Labute approximate surface area is 246 Å². The molecule has 2 aliphatic heterocycles. The van der Waals surface area contributed by atoms with Crippen LogP contribution in [0.2, 0.25) is 0 Å². The van der Waals surface area contributed by atoms with Crippen LogP contribution in [0.5, 0.6) is 17.2 Å². The molecule has 2 fully saturated rings. The molecule has 5 rings (SSSR count). The van der Waals surface area contributed by atoms with Gasteiger partial charge < -0.3 is 24.2 Å². The minimum atomic E-state index is -0.772. The Morgan fingerprint density at radius 3 is 2.50 bits per heavy atom. The Balaban J connectivity index is 1.50. The van der Waals surface area contributed by atoms with Crippen LogP contribution in [0.3, 0.4) is 0 Å². The molecule has 0 unspecified atom stereocenters. The lowest BCUT2D eigenvalue weighted by Gasteiger charge is -2.29. The van der Waals surface area contributed by atoms with Crippen molar-refractivity contribution in [1.29, 1.82) is 0 Å². The van der Waals surface area contributed by atoms with Crippen molar-refractivity contribution < 1.29 is 28.9 Å². The number of ether oxygens (including phenoxy) is 3. The molecule has 0 aliphatic carbocycles. The third-order valence-electron chi connectivity index (χ3n) is 7.47. The zero-order valence-corrected chi connectivity index (χ0v) is 23.8. The molecule has 0 aromatic heterocycles. The first-order valence-corrected chi connectivity index (χ1v) is 14.2. The van der Waals surface area contributed by atoms with Gasteiger partial charge in [-0.3, -0.25) is 14.5 Å². The van der Waals surface area contributed by atoms with E-state index in [2.05, 4.69) is 11.5 Å². The van der Waals surface area contributed by atoms with Crippen LogP contribution in [-0.2, 0) is 14.3 Å². The van der Waals surface area contributed by atoms with Gasteiger partial charge in [0, 0.05) is 31.7 Å². The summed E-state index contributed by atoms with van der Waals surface area (Å²) in [5, 5.41) is 11.6. The van der Waals surface area contributed by atoms with Crippen molar-refractivity contribution in [2.24, 2.45) is 0 Å². The van der Waals surface area contributed by atoms with Gasteiger partial charge in [-0.15, -0.1) is 0 Å². The maximum atomic E-state index is 13.5. The smallest absolute Gasteiger partial charge is 0.295 e. The number of hydrogen-bond donors (Lipinski definition) is 1. The van der Waals surface area contributed by atoms with Crippen LogP contribution in [0.25, 0.3) is 5.76 Å². The first-order valence-electron chi connectivity index (χ1n) is 14.2. The largest absolute Gasteiger partial charge is 0.507 e. The highest BCUT2D eigenvalue weighted by molar-refractivity contribution is 6.46. The average Bonchev–Trinajstić information content (AvgIpc) is 3.26. The molecule has 0 saturated carbocycles. The van der Waals surface area contributed by atoms with Crippen LogP contribution in [0.4, 0.5) is 0 Å². The number of morpholine rings is 1. The van der Waals surface area contributed by atoms with E-state index in [1.165, 1.54) is 0 Å². The fourth-order valence-corrected chi connectivity index (χ4v) is 5.38. The van der Waals surface area contributed by atoms with Crippen LogP contribution in [0.15, 0.2) is 91.0 Å². The Kier molecular flexibility index (Phi) is 9.36. The van der Waals surface area contributed by atoms with E-state index in [0.29, 0.717) is 61.2 Å². The van der Waals surface area contributed by atoms with E-state index in [1.807, 2.05) is 61.5 Å². The second-order valence-electron chi connectivity index (χ2n) is 10.4. The van der Waals surface area contributed by atoms with Crippen molar-refractivity contribution in [2.45, 2.75) is 19.4 Å². The normalized spacial score (nSPS) is 18.7. The summed E-state index contributed by atoms with van der Waals surface area (Å²) in [6.45, 7) is 10.1. The lowest BCUT2D eigenvalue weighted by molar-refractivity contribution is -0.140. The van der Waals surface area contributed by atoms with Crippen molar-refractivity contribution in [2.75, 3.05) is 46.0 Å². The highest BCUT2D eigenvalue weighted by atomic mass is 16.5. The number of aryl methyl sites for hydroxylation is 1. The molecular weight excluding hydrogens is 532 g/mol. The molecule has 8 nitrogen and oxygen atoms in total. The number of aliphatic hydroxyl groups excluding tert-OH is 1. The van der Waals surface area contributed by atoms with Gasteiger partial charge in [-0.2, -0.15) is 0 Å². The lowest BCUT2D eigenvalue weighted by atomic mass is 9.94. The Morgan fingerprint density at radius 2 is 1.76 bits per heavy atom. The van der Waals surface area contributed by atoms with Gasteiger partial charge in [0.25, 0.3) is 11.7 Å². The number of aliphatic hydroxyl groups is 1. The molecule has 0 radical (unpaired) electrons. The summed E-state index contributed by atoms with van der Waals surface area (Å²) in [4.78, 5) is 30.9. The van der Waals surface area contributed by atoms with Gasteiger partial charge in [-0.25, -0.2) is 0 Å². The molecule has 1 amide bonds. The summed E-state index contributed by atoms with van der Waals surface area (Å²) < 4.78 is 17.2. The van der Waals surface area contributed by atoms with E-state index in [1.54, 1.807) is 29.2 Å². The van der Waals surface area contributed by atoms with E-state index < -0.39 is 17.7 Å². The average molecular weight is 569 g/mol. The molecule has 1 N–H and O–H groups in total. The van der Waals surface area contributed by atoms with Gasteiger partial charge in [0.05, 0.1) is 24.8 Å². The van der Waals surface area contributed by atoms with Crippen molar-refractivity contribution in [1.82, 2.24) is 9.80 Å². The summed E-state index contributed by atoms with van der Waals surface area (Å²) in [5.41, 5.74) is 1.96. The minimum Gasteiger partial charge on any atom is -0.507 e. The highest BCUT2D eigenvalue weighted by Crippen LogP contribution is 2.41. The summed E-state index contributed by atoms with van der Waals surface area (Å²) in [5.74, 6) is 0.336.